The molecule has 0 aliphatic rings. The normalized spacial score (nSPS) is 14.2. The van der Waals surface area contributed by atoms with Crippen LogP contribution in [0, 0.1) is 0 Å². The van der Waals surface area contributed by atoms with Crippen molar-refractivity contribution in [1.82, 2.24) is 5.32 Å². The summed E-state index contributed by atoms with van der Waals surface area (Å²) < 4.78 is 30.4. The number of nitrogens with zero attached hydrogens (tertiary/aromatic N) is 1. The van der Waals surface area contributed by atoms with Gasteiger partial charge in [0.1, 0.15) is 19.3 Å². The molecule has 0 saturated carbocycles. The van der Waals surface area contributed by atoms with E-state index in [1.54, 1.807) is 0 Å². The zero-order valence-corrected chi connectivity index (χ0v) is 55.1. The Morgan fingerprint density at radius 1 is 0.439 bits per heavy atom. The van der Waals surface area contributed by atoms with Crippen molar-refractivity contribution in [2.45, 2.75) is 309 Å². The lowest BCUT2D eigenvalue weighted by Crippen LogP contribution is -2.47. The fraction of sp³-hybridized carbons (Fsp3) is 0.750. The number of amides is 1. The number of rotatable bonds is 61. The minimum Gasteiger partial charge on any atom is -0.756 e. The van der Waals surface area contributed by atoms with Crippen molar-refractivity contribution in [2.75, 3.05) is 40.9 Å². The maximum atomic E-state index is 13.6. The molecule has 1 amide bonds. The predicted octanol–water partition coefficient (Wildman–Crippen LogP) is 20.9. The maximum absolute atomic E-state index is 13.6. The summed E-state index contributed by atoms with van der Waals surface area (Å²) in [6, 6.07) is -0.903. The smallest absolute Gasteiger partial charge is 0.306 e. The number of esters is 1. The third-order valence-corrected chi connectivity index (χ3v) is 15.7. The SMILES string of the molecule is CC/C=C\C/C=C\C/C=C\C/C=C\C/C=C\C/C=C\CCCCCCCCC(=O)NC(COP(=O)([O-])OCC[N+](C)(C)C)C(/C=C\CCCCCCCCCCCC)OC(=O)CCCCCCCCCCC/C=C/CCCCCCCC. The predicted molar refractivity (Wildman–Crippen MR) is 353 cm³/mol. The van der Waals surface area contributed by atoms with Gasteiger partial charge in [-0.3, -0.25) is 14.2 Å². The Kier molecular flexibility index (Phi) is 58.7. The van der Waals surface area contributed by atoms with Crippen LogP contribution in [0.4, 0.5) is 0 Å². The standard InChI is InChI=1S/C72H129N2O7P/c1-7-10-13-16-19-22-25-28-30-32-34-35-36-37-38-39-41-42-44-46-49-52-55-58-61-64-71(75)73-69(68-80-82(77,78)79-67-66-74(4,5)6)70(63-60-57-54-51-48-27-24-21-18-15-12-9-3)81-72(76)65-62-59-56-53-50-47-45-43-40-33-31-29-26-23-20-17-14-11-8-2/h10,13,19,22,28-31,34-35,37-38,41-42,60,63,69-70H,7-9,11-12,14-18,20-21,23-27,32-33,36,39-40,43-59,61-62,64-68H2,1-6H3,(H-,73,75,77,78)/b13-10-,22-19-,30-28-,31-29+,35-34-,38-37-,42-41-,63-60-. The number of unbranched alkanes of at least 4 members (excludes halogenated alkanes) is 31. The van der Waals surface area contributed by atoms with E-state index in [1.807, 2.05) is 33.3 Å². The van der Waals surface area contributed by atoms with E-state index < -0.39 is 26.6 Å². The number of ether oxygens (including phenoxy) is 1. The number of carbonyl (C=O) groups is 2. The van der Waals surface area contributed by atoms with Crippen molar-refractivity contribution in [3.8, 4) is 0 Å². The summed E-state index contributed by atoms with van der Waals surface area (Å²) in [6.45, 7) is 6.73. The molecule has 0 aliphatic carbocycles. The minimum absolute atomic E-state index is 0.0295. The molecular weight excluding hydrogens is 1040 g/mol. The van der Waals surface area contributed by atoms with Gasteiger partial charge in [-0.05, 0) is 109 Å². The average Bonchev–Trinajstić information content (AvgIpc) is 3.44. The zero-order chi connectivity index (χ0) is 60.0. The van der Waals surface area contributed by atoms with Crippen molar-refractivity contribution < 1.29 is 37.3 Å². The average molecular weight is 1170 g/mol. The number of phosphoric acid groups is 1. The highest BCUT2D eigenvalue weighted by Gasteiger charge is 2.27. The molecular formula is C72H129N2O7P. The Morgan fingerprint density at radius 3 is 1.18 bits per heavy atom. The van der Waals surface area contributed by atoms with Crippen molar-refractivity contribution in [2.24, 2.45) is 0 Å². The molecule has 0 saturated heterocycles. The van der Waals surface area contributed by atoms with Gasteiger partial charge < -0.3 is 28.5 Å². The number of hydrogen-bond acceptors (Lipinski definition) is 7. The molecule has 82 heavy (non-hydrogen) atoms. The highest BCUT2D eigenvalue weighted by Crippen LogP contribution is 2.38. The van der Waals surface area contributed by atoms with E-state index in [0.29, 0.717) is 17.4 Å². The molecule has 0 radical (unpaired) electrons. The third-order valence-electron chi connectivity index (χ3n) is 14.7. The van der Waals surface area contributed by atoms with Gasteiger partial charge in [-0.2, -0.15) is 0 Å². The minimum atomic E-state index is -4.71. The Morgan fingerprint density at radius 2 is 0.780 bits per heavy atom. The first-order chi connectivity index (χ1) is 39.9. The van der Waals surface area contributed by atoms with Crippen molar-refractivity contribution >= 4 is 19.7 Å². The molecule has 0 aromatic rings. The Labute approximate surface area is 507 Å². The van der Waals surface area contributed by atoms with E-state index in [1.165, 1.54) is 141 Å². The second-order valence-electron chi connectivity index (χ2n) is 23.9. The number of carbonyl (C=O) groups excluding carboxylic acids is 2. The lowest BCUT2D eigenvalue weighted by Gasteiger charge is -2.30. The van der Waals surface area contributed by atoms with Gasteiger partial charge in [0.25, 0.3) is 7.82 Å². The Bertz CT molecular complexity index is 1720. The third kappa shape index (κ3) is 61.5. The van der Waals surface area contributed by atoms with E-state index >= 15 is 0 Å². The fourth-order valence-electron chi connectivity index (χ4n) is 9.52. The van der Waals surface area contributed by atoms with Crippen LogP contribution in [0.1, 0.15) is 297 Å². The van der Waals surface area contributed by atoms with Crippen LogP contribution in [0.2, 0.25) is 0 Å². The highest BCUT2D eigenvalue weighted by molar-refractivity contribution is 7.45. The van der Waals surface area contributed by atoms with Gasteiger partial charge in [-0.1, -0.05) is 272 Å². The molecule has 0 spiro atoms. The largest absolute Gasteiger partial charge is 0.756 e. The number of phosphoric ester groups is 1. The van der Waals surface area contributed by atoms with Crippen LogP contribution >= 0.6 is 7.82 Å². The van der Waals surface area contributed by atoms with Crippen molar-refractivity contribution in [3.05, 3.63) is 97.2 Å². The number of nitrogens with one attached hydrogen (secondary N) is 1. The molecule has 0 fully saturated rings. The van der Waals surface area contributed by atoms with Gasteiger partial charge in [0, 0.05) is 12.8 Å². The van der Waals surface area contributed by atoms with Gasteiger partial charge in [-0.25, -0.2) is 0 Å². The first kappa shape index (κ1) is 78.9. The Balaban J connectivity index is 5.17. The van der Waals surface area contributed by atoms with Gasteiger partial charge in [0.05, 0.1) is 33.8 Å². The first-order valence-electron chi connectivity index (χ1n) is 34.0. The summed E-state index contributed by atoms with van der Waals surface area (Å²) in [5.41, 5.74) is 0. The topological polar surface area (TPSA) is 114 Å². The van der Waals surface area contributed by atoms with E-state index in [0.717, 1.165) is 122 Å². The summed E-state index contributed by atoms with van der Waals surface area (Å²) in [5, 5.41) is 3.03. The second kappa shape index (κ2) is 61.0. The maximum Gasteiger partial charge on any atom is 0.306 e. The summed E-state index contributed by atoms with van der Waals surface area (Å²) in [6.07, 6.45) is 82.3. The van der Waals surface area contributed by atoms with Gasteiger partial charge >= 0.3 is 5.97 Å². The quantitative estimate of drug-likeness (QED) is 0.0212. The first-order valence-corrected chi connectivity index (χ1v) is 35.5. The van der Waals surface area contributed by atoms with E-state index in [4.69, 9.17) is 13.8 Å². The number of likely N-dealkylation sites (N-methyl/N-ethyl adjacent to an activating group) is 1. The lowest BCUT2D eigenvalue weighted by atomic mass is 10.0. The van der Waals surface area contributed by atoms with Crippen molar-refractivity contribution in [3.63, 3.8) is 0 Å². The summed E-state index contributed by atoms with van der Waals surface area (Å²) in [5.74, 6) is -0.558. The van der Waals surface area contributed by atoms with Crippen LogP contribution in [0.15, 0.2) is 97.2 Å². The summed E-state index contributed by atoms with van der Waals surface area (Å²) in [7, 11) is 1.17. The highest BCUT2D eigenvalue weighted by atomic mass is 31.2. The van der Waals surface area contributed by atoms with Gasteiger partial charge in [0.2, 0.25) is 5.91 Å². The van der Waals surface area contributed by atoms with Crippen LogP contribution < -0.4 is 10.2 Å². The molecule has 474 valence electrons. The van der Waals surface area contributed by atoms with E-state index in [-0.39, 0.29) is 24.9 Å². The molecule has 3 atom stereocenters. The molecule has 1 N–H and O–H groups in total. The van der Waals surface area contributed by atoms with Crippen LogP contribution in [0.3, 0.4) is 0 Å². The summed E-state index contributed by atoms with van der Waals surface area (Å²) in [4.78, 5) is 40.1. The number of quaternary nitrogens is 1. The molecule has 0 bridgehead atoms. The molecule has 0 aromatic heterocycles. The molecule has 0 heterocycles. The monoisotopic (exact) mass is 1160 g/mol. The van der Waals surface area contributed by atoms with E-state index in [2.05, 4.69) is 111 Å². The van der Waals surface area contributed by atoms with Crippen LogP contribution in [0.5, 0.6) is 0 Å². The molecule has 0 aliphatic heterocycles. The fourth-order valence-corrected chi connectivity index (χ4v) is 10.2. The molecule has 3 unspecified atom stereocenters. The van der Waals surface area contributed by atoms with Crippen LogP contribution in [0.25, 0.3) is 0 Å². The lowest BCUT2D eigenvalue weighted by molar-refractivity contribution is -0.870. The Hall–Kier alpha value is -3.07. The molecule has 10 heteroatoms. The zero-order valence-electron chi connectivity index (χ0n) is 54.2. The molecule has 0 aromatic carbocycles. The van der Waals surface area contributed by atoms with Gasteiger partial charge in [-0.15, -0.1) is 0 Å². The van der Waals surface area contributed by atoms with Gasteiger partial charge in [0.15, 0.2) is 0 Å². The second-order valence-corrected chi connectivity index (χ2v) is 25.4. The number of allylic oxidation sites excluding steroid dienone is 15. The van der Waals surface area contributed by atoms with E-state index in [9.17, 15) is 19.0 Å². The number of hydrogen-bond donors (Lipinski definition) is 1. The van der Waals surface area contributed by atoms with Crippen molar-refractivity contribution in [1.29, 1.82) is 0 Å². The summed E-state index contributed by atoms with van der Waals surface area (Å²) >= 11 is 0. The molecule has 0 rings (SSSR count). The molecule has 9 nitrogen and oxygen atoms in total. The van der Waals surface area contributed by atoms with Crippen LogP contribution in [-0.4, -0.2) is 69.4 Å². The van der Waals surface area contributed by atoms with Crippen LogP contribution in [-0.2, 0) is 27.9 Å².